The molecule has 1 N–H and O–H groups in total. The summed E-state index contributed by atoms with van der Waals surface area (Å²) in [5.41, 5.74) is 1.02. The van der Waals surface area contributed by atoms with Gasteiger partial charge >= 0.3 is 0 Å². The Hall–Kier alpha value is -1.32. The second-order valence-corrected chi connectivity index (χ2v) is 5.92. The molecule has 4 nitrogen and oxygen atoms in total. The normalized spacial score (nSPS) is 22.6. The van der Waals surface area contributed by atoms with Gasteiger partial charge in [-0.3, -0.25) is 0 Å². The van der Waals surface area contributed by atoms with Crippen LogP contribution in [0.4, 0.5) is 5.82 Å². The van der Waals surface area contributed by atoms with Crippen LogP contribution in [0.1, 0.15) is 57.3 Å². The highest BCUT2D eigenvalue weighted by atomic mass is 16.5. The van der Waals surface area contributed by atoms with E-state index in [0.29, 0.717) is 6.10 Å². The van der Waals surface area contributed by atoms with Crippen LogP contribution in [0.2, 0.25) is 0 Å². The Morgan fingerprint density at radius 3 is 2.50 bits per heavy atom. The third kappa shape index (κ3) is 3.62. The van der Waals surface area contributed by atoms with E-state index in [-0.39, 0.29) is 0 Å². The molecule has 0 aromatic carbocycles. The van der Waals surface area contributed by atoms with Gasteiger partial charge < -0.3 is 10.1 Å². The average molecular weight is 277 g/mol. The third-order valence-electron chi connectivity index (χ3n) is 4.10. The number of aryl methyl sites for hydroxylation is 1. The standard InChI is InChI=1S/C16H27N3O/c1-5-6-14-18-15(17-4)12(3)16(19-14)20-13-9-7-11(2)8-10-13/h11,13H,5-10H2,1-4H3,(H,17,18,19). The van der Waals surface area contributed by atoms with Gasteiger partial charge in [-0.1, -0.05) is 13.8 Å². The van der Waals surface area contributed by atoms with Crippen LogP contribution < -0.4 is 10.1 Å². The monoisotopic (exact) mass is 277 g/mol. The van der Waals surface area contributed by atoms with E-state index < -0.39 is 0 Å². The van der Waals surface area contributed by atoms with E-state index in [4.69, 9.17) is 4.74 Å². The van der Waals surface area contributed by atoms with Crippen LogP contribution in [0.5, 0.6) is 5.88 Å². The Kier molecular flexibility index (Phi) is 5.21. The van der Waals surface area contributed by atoms with Crippen LogP contribution in [0, 0.1) is 12.8 Å². The second-order valence-electron chi connectivity index (χ2n) is 5.92. The molecule has 0 aliphatic heterocycles. The topological polar surface area (TPSA) is 47.0 Å². The van der Waals surface area contributed by atoms with E-state index in [1.54, 1.807) is 0 Å². The average Bonchev–Trinajstić information content (AvgIpc) is 2.45. The molecule has 0 bridgehead atoms. The number of nitrogens with one attached hydrogen (secondary N) is 1. The first-order valence-electron chi connectivity index (χ1n) is 7.86. The molecule has 1 heterocycles. The van der Waals surface area contributed by atoms with Crippen molar-refractivity contribution in [2.75, 3.05) is 12.4 Å². The lowest BCUT2D eigenvalue weighted by molar-refractivity contribution is 0.129. The van der Waals surface area contributed by atoms with E-state index in [1.165, 1.54) is 12.8 Å². The van der Waals surface area contributed by atoms with Crippen LogP contribution in [0.25, 0.3) is 0 Å². The summed E-state index contributed by atoms with van der Waals surface area (Å²) < 4.78 is 6.17. The quantitative estimate of drug-likeness (QED) is 0.890. The molecule has 1 aromatic heterocycles. The van der Waals surface area contributed by atoms with Crippen LogP contribution >= 0.6 is 0 Å². The Labute approximate surface area is 122 Å². The van der Waals surface area contributed by atoms with Gasteiger partial charge in [-0.05, 0) is 44.9 Å². The molecule has 0 atom stereocenters. The van der Waals surface area contributed by atoms with Crippen molar-refractivity contribution in [2.45, 2.75) is 65.4 Å². The lowest BCUT2D eigenvalue weighted by Crippen LogP contribution is -2.24. The van der Waals surface area contributed by atoms with Crippen molar-refractivity contribution in [3.05, 3.63) is 11.4 Å². The number of hydrogen-bond acceptors (Lipinski definition) is 4. The fourth-order valence-corrected chi connectivity index (χ4v) is 2.74. The molecule has 4 heteroatoms. The maximum Gasteiger partial charge on any atom is 0.222 e. The molecule has 1 aromatic rings. The van der Waals surface area contributed by atoms with Gasteiger partial charge in [0.25, 0.3) is 0 Å². The van der Waals surface area contributed by atoms with E-state index in [1.807, 2.05) is 14.0 Å². The fourth-order valence-electron chi connectivity index (χ4n) is 2.74. The Morgan fingerprint density at radius 2 is 1.90 bits per heavy atom. The zero-order chi connectivity index (χ0) is 14.5. The maximum absolute atomic E-state index is 6.17. The molecular weight excluding hydrogens is 250 g/mol. The van der Waals surface area contributed by atoms with Crippen molar-refractivity contribution in [1.29, 1.82) is 0 Å². The van der Waals surface area contributed by atoms with Gasteiger partial charge in [0.05, 0.1) is 5.56 Å². The number of nitrogens with zero attached hydrogens (tertiary/aromatic N) is 2. The zero-order valence-corrected chi connectivity index (χ0v) is 13.2. The van der Waals surface area contributed by atoms with E-state index >= 15 is 0 Å². The summed E-state index contributed by atoms with van der Waals surface area (Å²) in [5.74, 6) is 3.38. The van der Waals surface area contributed by atoms with Gasteiger partial charge in [-0.25, -0.2) is 4.98 Å². The van der Waals surface area contributed by atoms with Gasteiger partial charge in [0.15, 0.2) is 0 Å². The zero-order valence-electron chi connectivity index (χ0n) is 13.2. The molecule has 1 aliphatic carbocycles. The number of anilines is 1. The first-order chi connectivity index (χ1) is 9.63. The summed E-state index contributed by atoms with van der Waals surface area (Å²) in [6, 6.07) is 0. The SMILES string of the molecule is CCCc1nc(NC)c(C)c(OC2CCC(C)CC2)n1. The smallest absolute Gasteiger partial charge is 0.222 e. The molecule has 0 unspecified atom stereocenters. The van der Waals surface area contributed by atoms with Crippen LogP contribution in [0.3, 0.4) is 0 Å². The van der Waals surface area contributed by atoms with Crippen molar-refractivity contribution in [3.8, 4) is 5.88 Å². The molecule has 0 spiro atoms. The van der Waals surface area contributed by atoms with Crippen LogP contribution in [-0.4, -0.2) is 23.1 Å². The first-order valence-corrected chi connectivity index (χ1v) is 7.86. The Bertz CT molecular complexity index is 440. The van der Waals surface area contributed by atoms with Crippen molar-refractivity contribution in [2.24, 2.45) is 5.92 Å². The second kappa shape index (κ2) is 6.91. The molecule has 2 rings (SSSR count). The van der Waals surface area contributed by atoms with E-state index in [2.05, 4.69) is 29.1 Å². The highest BCUT2D eigenvalue weighted by Crippen LogP contribution is 2.29. The Balaban J connectivity index is 2.14. The minimum atomic E-state index is 0.319. The van der Waals surface area contributed by atoms with Crippen molar-refractivity contribution in [3.63, 3.8) is 0 Å². The molecule has 1 saturated carbocycles. The molecule has 0 saturated heterocycles. The molecule has 0 amide bonds. The number of hydrogen-bond donors (Lipinski definition) is 1. The van der Waals surface area contributed by atoms with Crippen molar-refractivity contribution < 1.29 is 4.74 Å². The lowest BCUT2D eigenvalue weighted by atomic mass is 9.89. The van der Waals surface area contributed by atoms with Gasteiger partial charge in [-0.2, -0.15) is 4.98 Å². The Morgan fingerprint density at radius 1 is 1.20 bits per heavy atom. The largest absolute Gasteiger partial charge is 0.474 e. The summed E-state index contributed by atoms with van der Waals surface area (Å²) >= 11 is 0. The van der Waals surface area contributed by atoms with Gasteiger partial charge in [0.1, 0.15) is 17.7 Å². The van der Waals surface area contributed by atoms with Gasteiger partial charge in [0, 0.05) is 13.5 Å². The van der Waals surface area contributed by atoms with E-state index in [9.17, 15) is 0 Å². The highest BCUT2D eigenvalue weighted by Gasteiger charge is 2.21. The molecule has 112 valence electrons. The predicted molar refractivity (Wildman–Crippen MR) is 82.4 cm³/mol. The molecule has 1 fully saturated rings. The fraction of sp³-hybridized carbons (Fsp3) is 0.750. The molecular formula is C16H27N3O. The summed E-state index contributed by atoms with van der Waals surface area (Å²) in [5, 5.41) is 3.15. The molecule has 0 radical (unpaired) electrons. The van der Waals surface area contributed by atoms with Gasteiger partial charge in [0.2, 0.25) is 5.88 Å². The van der Waals surface area contributed by atoms with Crippen molar-refractivity contribution in [1.82, 2.24) is 9.97 Å². The predicted octanol–water partition coefficient (Wildman–Crippen LogP) is 3.74. The van der Waals surface area contributed by atoms with Crippen LogP contribution in [-0.2, 0) is 6.42 Å². The summed E-state index contributed by atoms with van der Waals surface area (Å²) in [7, 11) is 1.90. The van der Waals surface area contributed by atoms with Gasteiger partial charge in [-0.15, -0.1) is 0 Å². The minimum absolute atomic E-state index is 0.319. The minimum Gasteiger partial charge on any atom is -0.474 e. The number of ether oxygens (including phenoxy) is 1. The van der Waals surface area contributed by atoms with Crippen molar-refractivity contribution >= 4 is 5.82 Å². The van der Waals surface area contributed by atoms with Crippen LogP contribution in [0.15, 0.2) is 0 Å². The first kappa shape index (κ1) is 15.1. The summed E-state index contributed by atoms with van der Waals surface area (Å²) in [4.78, 5) is 9.15. The third-order valence-corrected chi connectivity index (χ3v) is 4.10. The summed E-state index contributed by atoms with van der Waals surface area (Å²) in [6.45, 7) is 6.50. The molecule has 1 aliphatic rings. The molecule has 20 heavy (non-hydrogen) atoms. The number of aromatic nitrogens is 2. The highest BCUT2D eigenvalue weighted by molar-refractivity contribution is 5.48. The van der Waals surface area contributed by atoms with E-state index in [0.717, 1.165) is 54.7 Å². The number of rotatable bonds is 5. The lowest BCUT2D eigenvalue weighted by Gasteiger charge is -2.27. The maximum atomic E-state index is 6.17. The summed E-state index contributed by atoms with van der Waals surface area (Å²) in [6.07, 6.45) is 7.06.